The Morgan fingerprint density at radius 1 is 1.05 bits per heavy atom. The maximum Gasteiger partial charge on any atom is 0.115 e. The van der Waals surface area contributed by atoms with Crippen molar-refractivity contribution in [1.82, 2.24) is 4.98 Å². The molecule has 0 unspecified atom stereocenters. The predicted molar refractivity (Wildman–Crippen MR) is 83.3 cm³/mol. The fourth-order valence-electron chi connectivity index (χ4n) is 2.22. The Labute approximate surface area is 122 Å². The monoisotopic (exact) mass is 272 g/mol. The molecule has 0 spiro atoms. The largest absolute Gasteiger partial charge is 0.508 e. The summed E-state index contributed by atoms with van der Waals surface area (Å²) in [6, 6.07) is 18.5. The third kappa shape index (κ3) is 2.60. The lowest BCUT2D eigenvalue weighted by Crippen LogP contribution is -1.85. The summed E-state index contributed by atoms with van der Waals surface area (Å²) in [6.45, 7) is 0. The summed E-state index contributed by atoms with van der Waals surface area (Å²) in [5, 5.41) is 19.7. The zero-order valence-electron chi connectivity index (χ0n) is 11.2. The Bertz CT molecular complexity index is 853. The number of rotatable bonds is 2. The van der Waals surface area contributed by atoms with E-state index in [4.69, 9.17) is 0 Å². The van der Waals surface area contributed by atoms with Crippen molar-refractivity contribution in [2.45, 2.75) is 0 Å². The zero-order chi connectivity index (χ0) is 14.7. The van der Waals surface area contributed by atoms with Gasteiger partial charge in [0.2, 0.25) is 0 Å². The summed E-state index contributed by atoms with van der Waals surface area (Å²) >= 11 is 0. The van der Waals surface area contributed by atoms with Gasteiger partial charge >= 0.3 is 0 Å². The third-order valence-electron chi connectivity index (χ3n) is 3.28. The van der Waals surface area contributed by atoms with E-state index in [0.717, 1.165) is 22.0 Å². The molecule has 0 bridgehead atoms. The van der Waals surface area contributed by atoms with E-state index < -0.39 is 0 Å². The molecule has 0 aliphatic carbocycles. The van der Waals surface area contributed by atoms with E-state index in [1.807, 2.05) is 36.4 Å². The minimum atomic E-state index is 0.186. The van der Waals surface area contributed by atoms with Gasteiger partial charge in [-0.25, -0.2) is 0 Å². The first-order valence-electron chi connectivity index (χ1n) is 6.53. The molecular formula is C18H12N2O. The highest BCUT2D eigenvalue weighted by atomic mass is 16.3. The van der Waals surface area contributed by atoms with Crippen molar-refractivity contribution in [2.75, 3.05) is 0 Å². The molecule has 3 aromatic rings. The number of para-hydroxylation sites is 1. The molecule has 0 saturated heterocycles. The van der Waals surface area contributed by atoms with Gasteiger partial charge < -0.3 is 5.11 Å². The summed E-state index contributed by atoms with van der Waals surface area (Å²) in [7, 11) is 0. The average molecular weight is 272 g/mol. The third-order valence-corrected chi connectivity index (χ3v) is 3.28. The SMILES string of the molecule is N#C/C(=C\c1ccnc2ccccc12)c1ccc(O)cc1. The van der Waals surface area contributed by atoms with Gasteiger partial charge in [0.1, 0.15) is 5.75 Å². The van der Waals surface area contributed by atoms with E-state index in [-0.39, 0.29) is 5.75 Å². The van der Waals surface area contributed by atoms with E-state index in [9.17, 15) is 10.4 Å². The lowest BCUT2D eigenvalue weighted by atomic mass is 10.0. The zero-order valence-corrected chi connectivity index (χ0v) is 11.2. The van der Waals surface area contributed by atoms with Crippen molar-refractivity contribution >= 4 is 22.6 Å². The summed E-state index contributed by atoms with van der Waals surface area (Å²) in [5.74, 6) is 0.186. The Kier molecular flexibility index (Phi) is 3.36. The van der Waals surface area contributed by atoms with Gasteiger partial charge in [-0.05, 0) is 53.6 Å². The topological polar surface area (TPSA) is 56.9 Å². The molecule has 1 N–H and O–H groups in total. The highest BCUT2D eigenvalue weighted by Crippen LogP contribution is 2.23. The second-order valence-electron chi connectivity index (χ2n) is 4.63. The first-order chi connectivity index (χ1) is 10.3. The minimum Gasteiger partial charge on any atom is -0.508 e. The quantitative estimate of drug-likeness (QED) is 0.717. The van der Waals surface area contributed by atoms with E-state index in [1.165, 1.54) is 0 Å². The molecule has 21 heavy (non-hydrogen) atoms. The van der Waals surface area contributed by atoms with Crippen molar-refractivity contribution in [1.29, 1.82) is 5.26 Å². The number of benzene rings is 2. The second-order valence-corrected chi connectivity index (χ2v) is 4.63. The Balaban J connectivity index is 2.13. The molecule has 0 atom stereocenters. The minimum absolute atomic E-state index is 0.186. The molecule has 3 heteroatoms. The van der Waals surface area contributed by atoms with Crippen molar-refractivity contribution in [3.05, 3.63) is 71.9 Å². The molecule has 0 radical (unpaired) electrons. The van der Waals surface area contributed by atoms with Gasteiger partial charge in [0, 0.05) is 11.6 Å². The fourth-order valence-corrected chi connectivity index (χ4v) is 2.22. The van der Waals surface area contributed by atoms with Crippen LogP contribution in [0.1, 0.15) is 11.1 Å². The number of aromatic hydroxyl groups is 1. The molecule has 0 saturated carbocycles. The molecule has 0 fully saturated rings. The van der Waals surface area contributed by atoms with Gasteiger partial charge in [-0.2, -0.15) is 5.26 Å². The van der Waals surface area contributed by atoms with Crippen molar-refractivity contribution in [3.63, 3.8) is 0 Å². The number of hydrogen-bond acceptors (Lipinski definition) is 3. The second kappa shape index (κ2) is 5.48. The van der Waals surface area contributed by atoms with Crippen LogP contribution in [0.25, 0.3) is 22.6 Å². The number of nitrogens with zero attached hydrogens (tertiary/aromatic N) is 2. The molecule has 1 aromatic heterocycles. The van der Waals surface area contributed by atoms with Crippen LogP contribution < -0.4 is 0 Å². The number of hydrogen-bond donors (Lipinski definition) is 1. The maximum absolute atomic E-state index is 9.39. The smallest absolute Gasteiger partial charge is 0.115 e. The first kappa shape index (κ1) is 12.9. The number of allylic oxidation sites excluding steroid dienone is 1. The van der Waals surface area contributed by atoms with Crippen LogP contribution in [-0.2, 0) is 0 Å². The van der Waals surface area contributed by atoms with Crippen LogP contribution in [-0.4, -0.2) is 10.1 Å². The normalized spacial score (nSPS) is 11.3. The summed E-state index contributed by atoms with van der Waals surface area (Å²) in [6.07, 6.45) is 3.58. The van der Waals surface area contributed by atoms with Crippen LogP contribution in [0.15, 0.2) is 60.8 Å². The first-order valence-corrected chi connectivity index (χ1v) is 6.53. The summed E-state index contributed by atoms with van der Waals surface area (Å²) < 4.78 is 0. The lowest BCUT2D eigenvalue weighted by Gasteiger charge is -2.03. The van der Waals surface area contributed by atoms with Gasteiger partial charge in [0.15, 0.2) is 0 Å². The highest BCUT2D eigenvalue weighted by Gasteiger charge is 2.04. The molecule has 3 nitrogen and oxygen atoms in total. The van der Waals surface area contributed by atoms with Crippen molar-refractivity contribution < 1.29 is 5.11 Å². The van der Waals surface area contributed by atoms with Crippen LogP contribution in [0.4, 0.5) is 0 Å². The Morgan fingerprint density at radius 2 is 1.81 bits per heavy atom. The molecule has 0 aliphatic rings. The molecule has 2 aromatic carbocycles. The van der Waals surface area contributed by atoms with Gasteiger partial charge in [-0.3, -0.25) is 4.98 Å². The van der Waals surface area contributed by atoms with Crippen LogP contribution in [0.2, 0.25) is 0 Å². The Morgan fingerprint density at radius 3 is 2.57 bits per heavy atom. The Hall–Kier alpha value is -3.12. The van der Waals surface area contributed by atoms with Gasteiger partial charge in [0.05, 0.1) is 17.2 Å². The fraction of sp³-hybridized carbons (Fsp3) is 0. The van der Waals surface area contributed by atoms with Crippen LogP contribution >= 0.6 is 0 Å². The summed E-state index contributed by atoms with van der Waals surface area (Å²) in [4.78, 5) is 4.31. The molecule has 100 valence electrons. The van der Waals surface area contributed by atoms with E-state index >= 15 is 0 Å². The van der Waals surface area contributed by atoms with Gasteiger partial charge in [0.25, 0.3) is 0 Å². The van der Waals surface area contributed by atoms with Crippen LogP contribution in [0.3, 0.4) is 0 Å². The number of fused-ring (bicyclic) bond motifs is 1. The molecule has 1 heterocycles. The number of pyridine rings is 1. The number of phenolic OH excluding ortho intramolecular Hbond substituents is 1. The van der Waals surface area contributed by atoms with Gasteiger partial charge in [-0.15, -0.1) is 0 Å². The molecule has 0 amide bonds. The highest BCUT2D eigenvalue weighted by molar-refractivity contribution is 5.97. The molecule has 3 rings (SSSR count). The average Bonchev–Trinajstić information content (AvgIpc) is 2.54. The maximum atomic E-state index is 9.39. The standard InChI is InChI=1S/C18H12N2O/c19-12-15(13-5-7-16(21)8-6-13)11-14-9-10-20-18-4-2-1-3-17(14)18/h1-11,21H/b15-11+. The van der Waals surface area contributed by atoms with Crippen molar-refractivity contribution in [3.8, 4) is 11.8 Å². The molecule has 0 aliphatic heterocycles. The van der Waals surface area contributed by atoms with E-state index in [2.05, 4.69) is 11.1 Å². The molecular weight excluding hydrogens is 260 g/mol. The number of nitriles is 1. The summed E-state index contributed by atoms with van der Waals surface area (Å²) in [5.41, 5.74) is 3.17. The van der Waals surface area contributed by atoms with Crippen LogP contribution in [0.5, 0.6) is 5.75 Å². The van der Waals surface area contributed by atoms with Crippen molar-refractivity contribution in [2.24, 2.45) is 0 Å². The number of phenols is 1. The van der Waals surface area contributed by atoms with Gasteiger partial charge in [-0.1, -0.05) is 18.2 Å². The number of aromatic nitrogens is 1. The van der Waals surface area contributed by atoms with E-state index in [0.29, 0.717) is 5.57 Å². The lowest BCUT2D eigenvalue weighted by molar-refractivity contribution is 0.475. The predicted octanol–water partition coefficient (Wildman–Crippen LogP) is 4.00. The van der Waals surface area contributed by atoms with E-state index in [1.54, 1.807) is 30.5 Å². The van der Waals surface area contributed by atoms with Crippen LogP contribution in [0, 0.1) is 11.3 Å².